The number of halogens is 3. The van der Waals surface area contributed by atoms with Gasteiger partial charge in [-0.25, -0.2) is 10.2 Å². The number of hydrogen-bond acceptors (Lipinski definition) is 6. The molecule has 3 aromatic rings. The van der Waals surface area contributed by atoms with Crippen LogP contribution in [0.15, 0.2) is 70.2 Å². The lowest BCUT2D eigenvalue weighted by molar-refractivity contribution is -0.123. The second kappa shape index (κ2) is 12.4. The lowest BCUT2D eigenvalue weighted by atomic mass is 10.2. The summed E-state index contributed by atoms with van der Waals surface area (Å²) in [5.41, 5.74) is 3.39. The SMILES string of the molecule is CCOc1cc(C=NNC(=O)COc2ccc(Cl)cc2Cl)ccc1OC(=O)c1ccc(Br)cc1. The topological polar surface area (TPSA) is 86.2 Å². The highest BCUT2D eigenvalue weighted by Gasteiger charge is 2.13. The van der Waals surface area contributed by atoms with Gasteiger partial charge >= 0.3 is 5.97 Å². The first-order valence-electron chi connectivity index (χ1n) is 10.00. The molecular weight excluding hydrogens is 547 g/mol. The highest BCUT2D eigenvalue weighted by molar-refractivity contribution is 9.10. The fraction of sp³-hybridized carbons (Fsp3) is 0.125. The first-order valence-corrected chi connectivity index (χ1v) is 11.5. The molecule has 0 heterocycles. The van der Waals surface area contributed by atoms with Crippen molar-refractivity contribution in [3.05, 3.63) is 86.3 Å². The number of nitrogens with one attached hydrogen (secondary N) is 1. The molecule has 7 nitrogen and oxygen atoms in total. The van der Waals surface area contributed by atoms with Gasteiger partial charge in [-0.15, -0.1) is 0 Å². The van der Waals surface area contributed by atoms with Crippen LogP contribution in [0, 0.1) is 0 Å². The Labute approximate surface area is 214 Å². The van der Waals surface area contributed by atoms with Gasteiger partial charge in [-0.1, -0.05) is 39.1 Å². The molecule has 1 amide bonds. The summed E-state index contributed by atoms with van der Waals surface area (Å²) in [4.78, 5) is 24.4. The number of hydrogen-bond donors (Lipinski definition) is 1. The van der Waals surface area contributed by atoms with Crippen LogP contribution in [0.5, 0.6) is 17.2 Å². The fourth-order valence-corrected chi connectivity index (χ4v) is 3.38. The van der Waals surface area contributed by atoms with E-state index in [1.165, 1.54) is 12.3 Å². The van der Waals surface area contributed by atoms with Crippen molar-refractivity contribution in [3.63, 3.8) is 0 Å². The molecule has 1 N–H and O–H groups in total. The molecule has 0 aliphatic carbocycles. The van der Waals surface area contributed by atoms with Crippen LogP contribution in [0.1, 0.15) is 22.8 Å². The summed E-state index contributed by atoms with van der Waals surface area (Å²) in [7, 11) is 0. The summed E-state index contributed by atoms with van der Waals surface area (Å²) in [5, 5.41) is 4.68. The van der Waals surface area contributed by atoms with Crippen molar-refractivity contribution in [1.29, 1.82) is 0 Å². The summed E-state index contributed by atoms with van der Waals surface area (Å²) >= 11 is 15.2. The third-order valence-electron chi connectivity index (χ3n) is 4.21. The predicted molar refractivity (Wildman–Crippen MR) is 134 cm³/mol. The fourth-order valence-electron chi connectivity index (χ4n) is 2.65. The zero-order valence-corrected chi connectivity index (χ0v) is 21.0. The molecule has 0 unspecified atom stereocenters. The quantitative estimate of drug-likeness (QED) is 0.151. The lowest BCUT2D eigenvalue weighted by Gasteiger charge is -2.11. The highest BCUT2D eigenvalue weighted by atomic mass is 79.9. The Morgan fingerprint density at radius 3 is 2.41 bits per heavy atom. The van der Waals surface area contributed by atoms with Crippen LogP contribution >= 0.6 is 39.1 Å². The lowest BCUT2D eigenvalue weighted by Crippen LogP contribution is -2.24. The second-order valence-electron chi connectivity index (χ2n) is 6.69. The summed E-state index contributed by atoms with van der Waals surface area (Å²) in [5.74, 6) is -0.0248. The number of esters is 1. The van der Waals surface area contributed by atoms with E-state index in [-0.39, 0.29) is 12.4 Å². The molecule has 0 radical (unpaired) electrons. The highest BCUT2D eigenvalue weighted by Crippen LogP contribution is 2.29. The van der Waals surface area contributed by atoms with Crippen molar-refractivity contribution in [2.24, 2.45) is 5.10 Å². The van der Waals surface area contributed by atoms with Gasteiger partial charge in [0.1, 0.15) is 5.75 Å². The Morgan fingerprint density at radius 2 is 1.71 bits per heavy atom. The first kappa shape index (κ1) is 25.6. The average molecular weight is 566 g/mol. The normalized spacial score (nSPS) is 10.7. The molecule has 0 bridgehead atoms. The van der Waals surface area contributed by atoms with Gasteiger partial charge in [0.25, 0.3) is 5.91 Å². The number of hydrazone groups is 1. The number of nitrogens with zero attached hydrogens (tertiary/aromatic N) is 1. The van der Waals surface area contributed by atoms with Crippen LogP contribution in [0.2, 0.25) is 10.0 Å². The Bertz CT molecular complexity index is 1200. The van der Waals surface area contributed by atoms with E-state index in [0.717, 1.165) is 4.47 Å². The molecule has 0 aliphatic heterocycles. The zero-order chi connectivity index (χ0) is 24.5. The molecule has 0 aromatic heterocycles. The smallest absolute Gasteiger partial charge is 0.343 e. The molecule has 0 atom stereocenters. The van der Waals surface area contributed by atoms with Gasteiger partial charge in [-0.2, -0.15) is 5.10 Å². The van der Waals surface area contributed by atoms with Crippen molar-refractivity contribution in [3.8, 4) is 17.2 Å². The summed E-state index contributed by atoms with van der Waals surface area (Å²) in [6, 6.07) is 16.4. The summed E-state index contributed by atoms with van der Waals surface area (Å²) in [6.45, 7) is 1.90. The zero-order valence-electron chi connectivity index (χ0n) is 17.9. The molecule has 0 saturated carbocycles. The Kier molecular flexibility index (Phi) is 9.33. The number of amides is 1. The standard InChI is InChI=1S/C24H19BrCl2N2O5/c1-2-32-22-11-15(3-9-21(22)34-24(31)16-4-6-17(25)7-5-16)13-28-29-23(30)14-33-20-10-8-18(26)12-19(20)27/h3-13H,2,14H2,1H3,(H,29,30). The van der Waals surface area contributed by atoms with E-state index in [1.807, 2.05) is 6.92 Å². The minimum absolute atomic E-state index is 0.268. The maximum atomic E-state index is 12.4. The molecule has 10 heteroatoms. The van der Waals surface area contributed by atoms with Gasteiger partial charge in [0.05, 0.1) is 23.4 Å². The monoisotopic (exact) mass is 564 g/mol. The average Bonchev–Trinajstić information content (AvgIpc) is 2.80. The minimum atomic E-state index is -0.511. The second-order valence-corrected chi connectivity index (χ2v) is 8.45. The number of benzene rings is 3. The van der Waals surface area contributed by atoms with Crippen LogP contribution in [0.3, 0.4) is 0 Å². The van der Waals surface area contributed by atoms with Gasteiger partial charge in [-0.3, -0.25) is 4.79 Å². The molecule has 0 saturated heterocycles. The van der Waals surface area contributed by atoms with Crippen LogP contribution < -0.4 is 19.6 Å². The predicted octanol–water partition coefficient (Wildman–Crippen LogP) is 5.90. The third-order valence-corrected chi connectivity index (χ3v) is 5.26. The Balaban J connectivity index is 1.59. The van der Waals surface area contributed by atoms with Crippen molar-refractivity contribution in [2.45, 2.75) is 6.92 Å². The van der Waals surface area contributed by atoms with Crippen molar-refractivity contribution < 1.29 is 23.8 Å². The third kappa shape index (κ3) is 7.48. The Morgan fingerprint density at radius 1 is 0.971 bits per heavy atom. The van der Waals surface area contributed by atoms with Crippen molar-refractivity contribution in [2.75, 3.05) is 13.2 Å². The van der Waals surface area contributed by atoms with E-state index >= 15 is 0 Å². The van der Waals surface area contributed by atoms with Gasteiger partial charge in [-0.05, 0) is 73.2 Å². The van der Waals surface area contributed by atoms with Gasteiger partial charge in [0.15, 0.2) is 18.1 Å². The number of ether oxygens (including phenoxy) is 3. The molecule has 34 heavy (non-hydrogen) atoms. The molecule has 3 aromatic carbocycles. The van der Waals surface area contributed by atoms with Crippen LogP contribution in [-0.2, 0) is 4.79 Å². The van der Waals surface area contributed by atoms with E-state index in [0.29, 0.717) is 39.3 Å². The first-order chi connectivity index (χ1) is 16.4. The summed E-state index contributed by atoms with van der Waals surface area (Å²) in [6.07, 6.45) is 1.43. The van der Waals surface area contributed by atoms with Gasteiger partial charge < -0.3 is 14.2 Å². The van der Waals surface area contributed by atoms with E-state index < -0.39 is 11.9 Å². The van der Waals surface area contributed by atoms with Gasteiger partial charge in [0.2, 0.25) is 0 Å². The van der Waals surface area contributed by atoms with E-state index in [9.17, 15) is 9.59 Å². The van der Waals surface area contributed by atoms with Crippen LogP contribution in [-0.4, -0.2) is 31.3 Å². The molecular formula is C24H19BrCl2N2O5. The molecule has 0 fully saturated rings. The van der Waals surface area contributed by atoms with Crippen molar-refractivity contribution in [1.82, 2.24) is 5.43 Å². The Hall–Kier alpha value is -3.07. The van der Waals surface area contributed by atoms with E-state index in [1.54, 1.807) is 54.6 Å². The number of carbonyl (C=O) groups excluding carboxylic acids is 2. The molecule has 176 valence electrons. The number of rotatable bonds is 9. The van der Waals surface area contributed by atoms with Crippen LogP contribution in [0.25, 0.3) is 0 Å². The molecule has 3 rings (SSSR count). The minimum Gasteiger partial charge on any atom is -0.490 e. The number of carbonyl (C=O) groups is 2. The van der Waals surface area contributed by atoms with E-state index in [4.69, 9.17) is 37.4 Å². The maximum absolute atomic E-state index is 12.4. The molecule has 0 aliphatic rings. The van der Waals surface area contributed by atoms with Gasteiger partial charge in [0, 0.05) is 9.50 Å². The van der Waals surface area contributed by atoms with Crippen molar-refractivity contribution >= 4 is 57.2 Å². The molecule has 0 spiro atoms. The van der Waals surface area contributed by atoms with E-state index in [2.05, 4.69) is 26.5 Å². The largest absolute Gasteiger partial charge is 0.490 e. The van der Waals surface area contributed by atoms with Crippen LogP contribution in [0.4, 0.5) is 0 Å². The maximum Gasteiger partial charge on any atom is 0.343 e. The summed E-state index contributed by atoms with van der Waals surface area (Å²) < 4.78 is 17.3.